The molecule has 1 saturated heterocycles. The summed E-state index contributed by atoms with van der Waals surface area (Å²) in [6.45, 7) is 0.622. The van der Waals surface area contributed by atoms with Crippen LogP contribution in [-0.4, -0.2) is 22.0 Å². The van der Waals surface area contributed by atoms with Gasteiger partial charge in [-0.25, -0.2) is 4.98 Å². The number of hydrogen-bond donors (Lipinski definition) is 1. The molecule has 1 amide bonds. The van der Waals surface area contributed by atoms with E-state index in [1.54, 1.807) is 0 Å². The van der Waals surface area contributed by atoms with Crippen molar-refractivity contribution >= 4 is 40.1 Å². The van der Waals surface area contributed by atoms with Crippen LogP contribution in [0.3, 0.4) is 0 Å². The van der Waals surface area contributed by atoms with Crippen molar-refractivity contribution in [2.24, 2.45) is 0 Å². The fourth-order valence-corrected chi connectivity index (χ4v) is 2.92. The van der Waals surface area contributed by atoms with E-state index in [0.29, 0.717) is 23.9 Å². The number of nitrogens with one attached hydrogen (secondary N) is 1. The summed E-state index contributed by atoms with van der Waals surface area (Å²) < 4.78 is 2.12. The van der Waals surface area contributed by atoms with Gasteiger partial charge in [0, 0.05) is 18.0 Å². The topological polar surface area (TPSA) is 46.9 Å². The maximum atomic E-state index is 11.3. The first-order chi connectivity index (χ1) is 9.19. The number of amides is 1. The van der Waals surface area contributed by atoms with Gasteiger partial charge in [0.1, 0.15) is 5.82 Å². The second-order valence-corrected chi connectivity index (χ2v) is 5.36. The van der Waals surface area contributed by atoms with Crippen LogP contribution in [-0.2, 0) is 10.7 Å². The van der Waals surface area contributed by atoms with Crippen molar-refractivity contribution in [2.45, 2.75) is 24.8 Å². The molecule has 0 spiro atoms. The highest BCUT2D eigenvalue weighted by Gasteiger charge is 2.23. The van der Waals surface area contributed by atoms with E-state index < -0.39 is 0 Å². The zero-order chi connectivity index (χ0) is 13.4. The molecule has 1 unspecified atom stereocenters. The van der Waals surface area contributed by atoms with Crippen LogP contribution in [0.25, 0.3) is 11.0 Å². The quantitative estimate of drug-likeness (QED) is 0.867. The average molecular weight is 298 g/mol. The highest BCUT2D eigenvalue weighted by Crippen LogP contribution is 2.28. The lowest BCUT2D eigenvalue weighted by molar-refractivity contribution is -0.122. The molecule has 19 heavy (non-hydrogen) atoms. The van der Waals surface area contributed by atoms with Gasteiger partial charge in [0.25, 0.3) is 0 Å². The number of nitrogens with zero attached hydrogens (tertiary/aromatic N) is 2. The van der Waals surface area contributed by atoms with Crippen molar-refractivity contribution < 1.29 is 4.79 Å². The molecule has 0 saturated carbocycles. The lowest BCUT2D eigenvalue weighted by Gasteiger charge is -2.25. The summed E-state index contributed by atoms with van der Waals surface area (Å²) in [7, 11) is 0. The molecule has 4 nitrogen and oxygen atoms in total. The molecule has 1 atom stereocenters. The molecule has 0 radical (unpaired) electrons. The van der Waals surface area contributed by atoms with Gasteiger partial charge in [0.05, 0.1) is 23.0 Å². The maximum Gasteiger partial charge on any atom is 0.220 e. The van der Waals surface area contributed by atoms with Crippen LogP contribution < -0.4 is 5.32 Å². The Morgan fingerprint density at radius 3 is 3.00 bits per heavy atom. The second-order valence-electron chi connectivity index (χ2n) is 4.66. The van der Waals surface area contributed by atoms with Crippen LogP contribution in [0.1, 0.15) is 24.7 Å². The minimum absolute atomic E-state index is 0.108. The second kappa shape index (κ2) is 5.02. The first-order valence-electron chi connectivity index (χ1n) is 6.18. The van der Waals surface area contributed by atoms with E-state index in [4.69, 9.17) is 23.2 Å². The molecule has 0 aliphatic carbocycles. The summed E-state index contributed by atoms with van der Waals surface area (Å²) >= 11 is 12.0. The smallest absolute Gasteiger partial charge is 0.220 e. The Kier molecular flexibility index (Phi) is 3.37. The molecule has 2 aromatic rings. The van der Waals surface area contributed by atoms with E-state index in [-0.39, 0.29) is 11.9 Å². The minimum atomic E-state index is 0.108. The van der Waals surface area contributed by atoms with Crippen LogP contribution in [0.4, 0.5) is 0 Å². The van der Waals surface area contributed by atoms with Gasteiger partial charge < -0.3 is 9.88 Å². The van der Waals surface area contributed by atoms with Gasteiger partial charge in [-0.05, 0) is 24.6 Å². The van der Waals surface area contributed by atoms with Crippen molar-refractivity contribution in [3.05, 3.63) is 29.0 Å². The summed E-state index contributed by atoms with van der Waals surface area (Å²) in [6.07, 6.45) is 1.35. The number of carbonyl (C=O) groups is 1. The number of imidazole rings is 1. The third-order valence-electron chi connectivity index (χ3n) is 3.45. The highest BCUT2D eigenvalue weighted by atomic mass is 35.5. The van der Waals surface area contributed by atoms with Gasteiger partial charge in [-0.1, -0.05) is 11.6 Å². The fourth-order valence-electron chi connectivity index (χ4n) is 2.56. The SMILES string of the molecule is O=C1CCC(n2c(CCl)nc3cc(Cl)ccc32)CN1. The molecule has 3 rings (SSSR count). The van der Waals surface area contributed by atoms with Crippen LogP contribution >= 0.6 is 23.2 Å². The van der Waals surface area contributed by atoms with E-state index in [9.17, 15) is 4.79 Å². The molecule has 1 aromatic heterocycles. The van der Waals surface area contributed by atoms with Crippen LogP contribution in [0.5, 0.6) is 0 Å². The molecule has 1 aromatic carbocycles. The van der Waals surface area contributed by atoms with Gasteiger partial charge in [-0.15, -0.1) is 11.6 Å². The normalized spacial score (nSPS) is 19.7. The number of alkyl halides is 1. The van der Waals surface area contributed by atoms with Crippen LogP contribution in [0, 0.1) is 0 Å². The van der Waals surface area contributed by atoms with Crippen molar-refractivity contribution in [1.29, 1.82) is 0 Å². The highest BCUT2D eigenvalue weighted by molar-refractivity contribution is 6.31. The third kappa shape index (κ3) is 2.30. The number of benzene rings is 1. The Bertz CT molecular complexity index is 628. The van der Waals surface area contributed by atoms with E-state index in [1.165, 1.54) is 0 Å². The number of carbonyl (C=O) groups excluding carboxylic acids is 1. The number of hydrogen-bond acceptors (Lipinski definition) is 2. The molecule has 1 aliphatic rings. The predicted molar refractivity (Wildman–Crippen MR) is 75.6 cm³/mol. The Labute approximate surface area is 120 Å². The lowest BCUT2D eigenvalue weighted by Crippen LogP contribution is -2.36. The average Bonchev–Trinajstić information content (AvgIpc) is 2.77. The molecule has 2 heterocycles. The van der Waals surface area contributed by atoms with Crippen LogP contribution in [0.2, 0.25) is 5.02 Å². The zero-order valence-corrected chi connectivity index (χ0v) is 11.7. The van der Waals surface area contributed by atoms with E-state index in [1.807, 2.05) is 18.2 Å². The third-order valence-corrected chi connectivity index (χ3v) is 3.92. The molecule has 1 N–H and O–H groups in total. The fraction of sp³-hybridized carbons (Fsp3) is 0.385. The first kappa shape index (κ1) is 12.8. The summed E-state index contributed by atoms with van der Waals surface area (Å²) in [5.41, 5.74) is 1.86. The molecular formula is C13H13Cl2N3O. The molecule has 1 aliphatic heterocycles. The number of rotatable bonds is 2. The molecule has 100 valence electrons. The number of aromatic nitrogens is 2. The van der Waals surface area contributed by atoms with E-state index in [0.717, 1.165) is 23.3 Å². The van der Waals surface area contributed by atoms with Crippen molar-refractivity contribution in [2.75, 3.05) is 6.54 Å². The van der Waals surface area contributed by atoms with E-state index in [2.05, 4.69) is 14.9 Å². The van der Waals surface area contributed by atoms with Gasteiger partial charge in [-0.2, -0.15) is 0 Å². The van der Waals surface area contributed by atoms with Crippen molar-refractivity contribution in [3.63, 3.8) is 0 Å². The summed E-state index contributed by atoms with van der Waals surface area (Å²) in [5.74, 6) is 1.27. The van der Waals surface area contributed by atoms with Gasteiger partial charge in [0.2, 0.25) is 5.91 Å². The maximum absolute atomic E-state index is 11.3. The lowest BCUT2D eigenvalue weighted by atomic mass is 10.1. The standard InChI is InChI=1S/C13H13Cl2N3O/c14-6-12-17-10-5-8(15)1-3-11(10)18(12)9-2-4-13(19)16-7-9/h1,3,5,9H,2,4,6-7H2,(H,16,19). The largest absolute Gasteiger partial charge is 0.354 e. The molecule has 0 bridgehead atoms. The molecule has 6 heteroatoms. The molecule has 1 fully saturated rings. The van der Waals surface area contributed by atoms with Crippen molar-refractivity contribution in [1.82, 2.24) is 14.9 Å². The van der Waals surface area contributed by atoms with E-state index >= 15 is 0 Å². The van der Waals surface area contributed by atoms with Gasteiger partial charge in [0.15, 0.2) is 0 Å². The predicted octanol–water partition coefficient (Wildman–Crippen LogP) is 2.88. The number of piperidine rings is 1. The first-order valence-corrected chi connectivity index (χ1v) is 7.09. The Hall–Kier alpha value is -1.26. The number of fused-ring (bicyclic) bond motifs is 1. The monoisotopic (exact) mass is 297 g/mol. The Morgan fingerprint density at radius 1 is 1.47 bits per heavy atom. The van der Waals surface area contributed by atoms with Crippen LogP contribution in [0.15, 0.2) is 18.2 Å². The Morgan fingerprint density at radius 2 is 2.32 bits per heavy atom. The summed E-state index contributed by atoms with van der Waals surface area (Å²) in [6, 6.07) is 5.85. The zero-order valence-electron chi connectivity index (χ0n) is 10.2. The van der Waals surface area contributed by atoms with Crippen molar-refractivity contribution in [3.8, 4) is 0 Å². The minimum Gasteiger partial charge on any atom is -0.354 e. The Balaban J connectivity index is 2.08. The van der Waals surface area contributed by atoms with Gasteiger partial charge >= 0.3 is 0 Å². The number of halogens is 2. The summed E-state index contributed by atoms with van der Waals surface area (Å²) in [4.78, 5) is 15.8. The summed E-state index contributed by atoms with van der Waals surface area (Å²) in [5, 5.41) is 3.55. The van der Waals surface area contributed by atoms with Gasteiger partial charge in [-0.3, -0.25) is 4.79 Å². The molecular weight excluding hydrogens is 285 g/mol.